The van der Waals surface area contributed by atoms with Gasteiger partial charge < -0.3 is 4.74 Å². The SMILES string of the molecule is N#Cc1ccc(Oc2c(-c3cccc(C=O)c3)cccc2[N+](=O)[O-])cc1. The Kier molecular flexibility index (Phi) is 4.72. The molecule has 0 atom stereocenters. The lowest BCUT2D eigenvalue weighted by Gasteiger charge is -2.12. The van der Waals surface area contributed by atoms with Gasteiger partial charge in [-0.2, -0.15) is 5.26 Å². The molecule has 0 N–H and O–H groups in total. The molecule has 0 saturated heterocycles. The molecule has 0 aromatic heterocycles. The number of rotatable bonds is 5. The van der Waals surface area contributed by atoms with Gasteiger partial charge in [0.2, 0.25) is 5.75 Å². The van der Waals surface area contributed by atoms with Crippen molar-refractivity contribution in [3.8, 4) is 28.7 Å². The van der Waals surface area contributed by atoms with Crippen molar-refractivity contribution in [2.45, 2.75) is 0 Å². The fourth-order valence-corrected chi connectivity index (χ4v) is 2.50. The predicted octanol–water partition coefficient (Wildman–Crippen LogP) is 4.74. The lowest BCUT2D eigenvalue weighted by molar-refractivity contribution is -0.385. The molecule has 0 aliphatic rings. The molecule has 3 aromatic carbocycles. The third-order valence-electron chi connectivity index (χ3n) is 3.73. The number of nitro benzene ring substituents is 1. The number of carbonyl (C=O) groups is 1. The van der Waals surface area contributed by atoms with E-state index in [1.165, 1.54) is 6.07 Å². The van der Waals surface area contributed by atoms with Gasteiger partial charge >= 0.3 is 5.69 Å². The van der Waals surface area contributed by atoms with E-state index < -0.39 is 4.92 Å². The highest BCUT2D eigenvalue weighted by Gasteiger charge is 2.21. The minimum atomic E-state index is -0.522. The number of carbonyl (C=O) groups excluding carboxylic acids is 1. The lowest BCUT2D eigenvalue weighted by atomic mass is 10.0. The third kappa shape index (κ3) is 3.42. The normalized spacial score (nSPS) is 9.96. The van der Waals surface area contributed by atoms with Crippen LogP contribution in [0.4, 0.5) is 5.69 Å². The van der Waals surface area contributed by atoms with E-state index in [4.69, 9.17) is 10.00 Å². The molecule has 0 amide bonds. The molecule has 3 aromatic rings. The highest BCUT2D eigenvalue weighted by atomic mass is 16.6. The van der Waals surface area contributed by atoms with Crippen LogP contribution >= 0.6 is 0 Å². The molecule has 26 heavy (non-hydrogen) atoms. The Balaban J connectivity index is 2.12. The van der Waals surface area contributed by atoms with Gasteiger partial charge in [0.05, 0.1) is 16.6 Å². The average molecular weight is 344 g/mol. The fourth-order valence-electron chi connectivity index (χ4n) is 2.50. The van der Waals surface area contributed by atoms with Crippen LogP contribution in [0.25, 0.3) is 11.1 Å². The smallest absolute Gasteiger partial charge is 0.312 e. The van der Waals surface area contributed by atoms with E-state index in [1.807, 2.05) is 6.07 Å². The summed E-state index contributed by atoms with van der Waals surface area (Å²) in [6.45, 7) is 0. The van der Waals surface area contributed by atoms with Gasteiger partial charge in [-0.05, 0) is 35.9 Å². The molecule has 6 nitrogen and oxygen atoms in total. The second-order valence-corrected chi connectivity index (χ2v) is 5.39. The van der Waals surface area contributed by atoms with Crippen molar-refractivity contribution < 1.29 is 14.5 Å². The van der Waals surface area contributed by atoms with Crippen LogP contribution in [0.5, 0.6) is 11.5 Å². The molecule has 0 heterocycles. The lowest BCUT2D eigenvalue weighted by Crippen LogP contribution is -1.96. The maximum Gasteiger partial charge on any atom is 0.312 e. The van der Waals surface area contributed by atoms with Gasteiger partial charge in [-0.25, -0.2) is 0 Å². The van der Waals surface area contributed by atoms with Gasteiger partial charge in [-0.1, -0.05) is 30.3 Å². The Bertz CT molecular complexity index is 1020. The molecule has 3 rings (SSSR count). The average Bonchev–Trinajstić information content (AvgIpc) is 2.68. The number of ether oxygens (including phenoxy) is 1. The molecule has 6 heteroatoms. The largest absolute Gasteiger partial charge is 0.449 e. The zero-order chi connectivity index (χ0) is 18.5. The summed E-state index contributed by atoms with van der Waals surface area (Å²) in [5.74, 6) is 0.441. The quantitative estimate of drug-likeness (QED) is 0.378. The van der Waals surface area contributed by atoms with Crippen molar-refractivity contribution in [3.05, 3.63) is 88.0 Å². The van der Waals surface area contributed by atoms with Crippen LogP contribution < -0.4 is 4.74 Å². The van der Waals surface area contributed by atoms with Crippen LogP contribution in [-0.4, -0.2) is 11.2 Å². The molecular formula is C20H12N2O4. The highest BCUT2D eigenvalue weighted by Crippen LogP contribution is 2.40. The first-order valence-electron chi connectivity index (χ1n) is 7.63. The third-order valence-corrected chi connectivity index (χ3v) is 3.73. The number of nitrogens with zero attached hydrogens (tertiary/aromatic N) is 2. The van der Waals surface area contributed by atoms with Gasteiger partial charge in [0.25, 0.3) is 0 Å². The minimum Gasteiger partial charge on any atom is -0.449 e. The topological polar surface area (TPSA) is 93.2 Å². The summed E-state index contributed by atoms with van der Waals surface area (Å²) in [5.41, 5.74) is 1.84. The molecular weight excluding hydrogens is 332 g/mol. The van der Waals surface area contributed by atoms with Gasteiger partial charge in [0.1, 0.15) is 12.0 Å². The summed E-state index contributed by atoms with van der Waals surface area (Å²) < 4.78 is 5.79. The fraction of sp³-hybridized carbons (Fsp3) is 0. The molecule has 0 saturated carbocycles. The van der Waals surface area contributed by atoms with Gasteiger partial charge in [0.15, 0.2) is 0 Å². The first kappa shape index (κ1) is 16.9. The molecule has 126 valence electrons. The van der Waals surface area contributed by atoms with Gasteiger partial charge in [0, 0.05) is 17.2 Å². The van der Waals surface area contributed by atoms with Crippen molar-refractivity contribution >= 4 is 12.0 Å². The molecule has 0 radical (unpaired) electrons. The maximum absolute atomic E-state index is 11.4. The number of aldehydes is 1. The number of hydrogen-bond donors (Lipinski definition) is 0. The minimum absolute atomic E-state index is 0.0743. The van der Waals surface area contributed by atoms with E-state index in [-0.39, 0.29) is 11.4 Å². The van der Waals surface area contributed by atoms with Crippen molar-refractivity contribution in [1.82, 2.24) is 0 Å². The molecule has 0 aliphatic carbocycles. The monoisotopic (exact) mass is 344 g/mol. The van der Waals surface area contributed by atoms with Crippen molar-refractivity contribution in [2.24, 2.45) is 0 Å². The van der Waals surface area contributed by atoms with Gasteiger partial charge in [-0.15, -0.1) is 0 Å². The molecule has 0 unspecified atom stereocenters. The van der Waals surface area contributed by atoms with E-state index in [1.54, 1.807) is 60.7 Å². The number of nitro groups is 1. The zero-order valence-corrected chi connectivity index (χ0v) is 13.5. The summed E-state index contributed by atoms with van der Waals surface area (Å²) in [5, 5.41) is 20.3. The highest BCUT2D eigenvalue weighted by molar-refractivity contribution is 5.82. The van der Waals surface area contributed by atoms with Crippen molar-refractivity contribution in [3.63, 3.8) is 0 Å². The standard InChI is InChI=1S/C20H12N2O4/c21-12-14-7-9-17(10-8-14)26-20-18(5-2-6-19(20)22(24)25)16-4-1-3-15(11-16)13-23/h1-11,13H. The number of benzene rings is 3. The Morgan fingerprint density at radius 1 is 1.04 bits per heavy atom. The van der Waals surface area contributed by atoms with Crippen LogP contribution in [0.1, 0.15) is 15.9 Å². The first-order valence-corrected chi connectivity index (χ1v) is 7.63. The Labute approximate surface area is 149 Å². The summed E-state index contributed by atoms with van der Waals surface area (Å²) >= 11 is 0. The van der Waals surface area contributed by atoms with Crippen LogP contribution in [0.3, 0.4) is 0 Å². The second kappa shape index (κ2) is 7.28. The molecule has 0 fully saturated rings. The van der Waals surface area contributed by atoms with Gasteiger partial charge in [-0.3, -0.25) is 14.9 Å². The van der Waals surface area contributed by atoms with Crippen LogP contribution in [0, 0.1) is 21.4 Å². The van der Waals surface area contributed by atoms with E-state index >= 15 is 0 Å². The van der Waals surface area contributed by atoms with E-state index in [0.29, 0.717) is 34.3 Å². The summed E-state index contributed by atoms with van der Waals surface area (Å²) in [4.78, 5) is 22.0. The predicted molar refractivity (Wildman–Crippen MR) is 95.2 cm³/mol. The van der Waals surface area contributed by atoms with Crippen LogP contribution in [-0.2, 0) is 0 Å². The Morgan fingerprint density at radius 2 is 1.77 bits per heavy atom. The van der Waals surface area contributed by atoms with Crippen molar-refractivity contribution in [1.29, 1.82) is 5.26 Å². The van der Waals surface area contributed by atoms with Crippen LogP contribution in [0.2, 0.25) is 0 Å². The summed E-state index contributed by atoms with van der Waals surface area (Å²) in [6.07, 6.45) is 0.710. The van der Waals surface area contributed by atoms with Crippen molar-refractivity contribution in [2.75, 3.05) is 0 Å². The maximum atomic E-state index is 11.4. The Hall–Kier alpha value is -3.98. The summed E-state index contributed by atoms with van der Waals surface area (Å²) in [7, 11) is 0. The molecule has 0 spiro atoms. The van der Waals surface area contributed by atoms with E-state index in [2.05, 4.69) is 0 Å². The number of nitriles is 1. The number of hydrogen-bond acceptors (Lipinski definition) is 5. The molecule has 0 aliphatic heterocycles. The summed E-state index contributed by atoms with van der Waals surface area (Å²) in [6, 6.07) is 19.6. The van der Waals surface area contributed by atoms with Crippen LogP contribution in [0.15, 0.2) is 66.7 Å². The number of para-hydroxylation sites is 1. The van der Waals surface area contributed by atoms with E-state index in [9.17, 15) is 14.9 Å². The molecule has 0 bridgehead atoms. The first-order chi connectivity index (χ1) is 12.6. The Morgan fingerprint density at radius 3 is 2.42 bits per heavy atom. The zero-order valence-electron chi connectivity index (χ0n) is 13.5. The van der Waals surface area contributed by atoms with E-state index in [0.717, 1.165) is 0 Å². The second-order valence-electron chi connectivity index (χ2n) is 5.39.